The molecule has 0 radical (unpaired) electrons. The number of rotatable bonds is 7. The Labute approximate surface area is 179 Å². The summed E-state index contributed by atoms with van der Waals surface area (Å²) in [6.07, 6.45) is 4.03. The van der Waals surface area contributed by atoms with Gasteiger partial charge >= 0.3 is 0 Å². The molecule has 27 heavy (non-hydrogen) atoms. The van der Waals surface area contributed by atoms with Crippen LogP contribution in [0.2, 0.25) is 0 Å². The lowest BCUT2D eigenvalue weighted by Gasteiger charge is -2.31. The summed E-state index contributed by atoms with van der Waals surface area (Å²) < 4.78 is 0. The molecule has 0 saturated heterocycles. The van der Waals surface area contributed by atoms with Crippen LogP contribution in [0.3, 0.4) is 0 Å². The molecule has 0 bridgehead atoms. The van der Waals surface area contributed by atoms with Crippen molar-refractivity contribution in [3.63, 3.8) is 0 Å². The molecule has 152 valence electrons. The van der Waals surface area contributed by atoms with Gasteiger partial charge in [0.2, 0.25) is 5.91 Å². The van der Waals surface area contributed by atoms with Gasteiger partial charge in [-0.15, -0.1) is 24.0 Å². The van der Waals surface area contributed by atoms with Crippen molar-refractivity contribution in [1.29, 1.82) is 0 Å². The number of aliphatic hydroxyl groups excluding tert-OH is 1. The molecule has 1 aliphatic rings. The summed E-state index contributed by atoms with van der Waals surface area (Å²) in [4.78, 5) is 19.0. The molecule has 1 fully saturated rings. The van der Waals surface area contributed by atoms with Gasteiger partial charge in [0.15, 0.2) is 5.96 Å². The Balaban J connectivity index is 0.00000364. The number of benzene rings is 1. The second kappa shape index (κ2) is 11.5. The average Bonchev–Trinajstić information content (AvgIpc) is 3.13. The Bertz CT molecular complexity index is 628. The highest BCUT2D eigenvalue weighted by atomic mass is 127. The standard InChI is InChI=1S/C20H32N4O2.HI/c1-4-21-19(22-13-16-9-5-6-10-17(16)14-25)23-15-20(11-7-8-12-20)18(26)24(2)3;/h5-6,9-10,25H,4,7-8,11-15H2,1-3H3,(H2,21,22,23);1H. The highest BCUT2D eigenvalue weighted by Crippen LogP contribution is 2.38. The maximum Gasteiger partial charge on any atom is 0.230 e. The first-order chi connectivity index (χ1) is 12.5. The summed E-state index contributed by atoms with van der Waals surface area (Å²) in [7, 11) is 3.65. The van der Waals surface area contributed by atoms with Crippen LogP contribution in [0.4, 0.5) is 0 Å². The molecular weight excluding hydrogens is 455 g/mol. The molecule has 6 nitrogen and oxygen atoms in total. The summed E-state index contributed by atoms with van der Waals surface area (Å²) in [6.45, 7) is 3.87. The topological polar surface area (TPSA) is 77.0 Å². The van der Waals surface area contributed by atoms with Crippen molar-refractivity contribution in [3.05, 3.63) is 35.4 Å². The third-order valence-electron chi connectivity index (χ3n) is 5.06. The summed E-state index contributed by atoms with van der Waals surface area (Å²) in [5.74, 6) is 0.905. The van der Waals surface area contributed by atoms with Gasteiger partial charge in [-0.2, -0.15) is 0 Å². The molecule has 0 unspecified atom stereocenters. The maximum absolute atomic E-state index is 12.7. The van der Waals surface area contributed by atoms with E-state index >= 15 is 0 Å². The number of hydrogen-bond acceptors (Lipinski definition) is 3. The van der Waals surface area contributed by atoms with E-state index in [0.29, 0.717) is 19.0 Å². The number of nitrogens with zero attached hydrogens (tertiary/aromatic N) is 2. The van der Waals surface area contributed by atoms with Gasteiger partial charge in [-0.25, -0.2) is 4.99 Å². The fourth-order valence-electron chi connectivity index (χ4n) is 3.62. The molecule has 1 saturated carbocycles. The minimum Gasteiger partial charge on any atom is -0.392 e. The largest absolute Gasteiger partial charge is 0.392 e. The first-order valence-electron chi connectivity index (χ1n) is 9.44. The van der Waals surface area contributed by atoms with Crippen molar-refractivity contribution >= 4 is 35.8 Å². The summed E-state index contributed by atoms with van der Waals surface area (Å²) in [5.41, 5.74) is 1.57. The van der Waals surface area contributed by atoms with E-state index in [-0.39, 0.29) is 41.9 Å². The van der Waals surface area contributed by atoms with Crippen LogP contribution in [0.1, 0.15) is 43.7 Å². The maximum atomic E-state index is 12.7. The van der Waals surface area contributed by atoms with E-state index in [2.05, 4.69) is 15.6 Å². The molecule has 0 heterocycles. The third kappa shape index (κ3) is 6.34. The second-order valence-electron chi connectivity index (χ2n) is 7.16. The molecule has 1 aromatic rings. The van der Waals surface area contributed by atoms with E-state index in [1.807, 2.05) is 45.3 Å². The van der Waals surface area contributed by atoms with Crippen molar-refractivity contribution < 1.29 is 9.90 Å². The van der Waals surface area contributed by atoms with E-state index in [0.717, 1.165) is 43.4 Å². The van der Waals surface area contributed by atoms with Crippen LogP contribution < -0.4 is 10.6 Å². The molecule has 1 aromatic carbocycles. The van der Waals surface area contributed by atoms with Gasteiger partial charge in [0.25, 0.3) is 0 Å². The van der Waals surface area contributed by atoms with Crippen molar-refractivity contribution in [2.45, 2.75) is 45.8 Å². The summed E-state index contributed by atoms with van der Waals surface area (Å²) in [6, 6.07) is 7.76. The van der Waals surface area contributed by atoms with E-state index in [1.54, 1.807) is 4.90 Å². The summed E-state index contributed by atoms with van der Waals surface area (Å²) >= 11 is 0. The molecule has 1 amide bonds. The Morgan fingerprint density at radius 2 is 1.81 bits per heavy atom. The number of guanidine groups is 1. The molecule has 1 aliphatic carbocycles. The lowest BCUT2D eigenvalue weighted by Crippen LogP contribution is -2.49. The van der Waals surface area contributed by atoms with E-state index in [9.17, 15) is 9.90 Å². The van der Waals surface area contributed by atoms with Crippen LogP contribution in [0, 0.1) is 5.41 Å². The van der Waals surface area contributed by atoms with Gasteiger partial charge in [0.1, 0.15) is 0 Å². The van der Waals surface area contributed by atoms with Crippen LogP contribution in [-0.4, -0.2) is 49.1 Å². The van der Waals surface area contributed by atoms with E-state index in [4.69, 9.17) is 0 Å². The third-order valence-corrected chi connectivity index (χ3v) is 5.06. The predicted molar refractivity (Wildman–Crippen MR) is 120 cm³/mol. The van der Waals surface area contributed by atoms with Crippen LogP contribution in [0.25, 0.3) is 0 Å². The monoisotopic (exact) mass is 488 g/mol. The van der Waals surface area contributed by atoms with Crippen LogP contribution in [0.5, 0.6) is 0 Å². The Morgan fingerprint density at radius 3 is 2.37 bits per heavy atom. The predicted octanol–water partition coefficient (Wildman–Crippen LogP) is 2.50. The quantitative estimate of drug-likeness (QED) is 0.313. The summed E-state index contributed by atoms with van der Waals surface area (Å²) in [5, 5.41) is 16.1. The lowest BCUT2D eigenvalue weighted by atomic mass is 9.84. The Kier molecular flexibility index (Phi) is 10.1. The smallest absolute Gasteiger partial charge is 0.230 e. The number of nitrogens with one attached hydrogen (secondary N) is 2. The molecule has 0 atom stereocenters. The molecular formula is C20H33IN4O2. The fraction of sp³-hybridized carbons (Fsp3) is 0.600. The molecule has 2 rings (SSSR count). The number of hydrogen-bond donors (Lipinski definition) is 3. The molecule has 0 spiro atoms. The minimum absolute atomic E-state index is 0. The number of carbonyl (C=O) groups excluding carboxylic acids is 1. The first-order valence-corrected chi connectivity index (χ1v) is 9.44. The average molecular weight is 488 g/mol. The minimum atomic E-state index is -0.331. The van der Waals surface area contributed by atoms with Gasteiger partial charge in [-0.3, -0.25) is 4.79 Å². The van der Waals surface area contributed by atoms with E-state index in [1.165, 1.54) is 0 Å². The molecule has 0 aromatic heterocycles. The van der Waals surface area contributed by atoms with Gasteiger partial charge < -0.3 is 20.6 Å². The van der Waals surface area contributed by atoms with Crippen molar-refractivity contribution in [1.82, 2.24) is 15.5 Å². The first kappa shape index (κ1) is 23.7. The number of amides is 1. The number of aliphatic imine (C=N–C) groups is 1. The van der Waals surface area contributed by atoms with Gasteiger partial charge in [0, 0.05) is 27.2 Å². The van der Waals surface area contributed by atoms with E-state index < -0.39 is 0 Å². The Hall–Kier alpha value is -1.35. The number of halogens is 1. The van der Waals surface area contributed by atoms with Gasteiger partial charge in [0.05, 0.1) is 18.6 Å². The van der Waals surface area contributed by atoms with Crippen molar-refractivity contribution in [3.8, 4) is 0 Å². The van der Waals surface area contributed by atoms with Gasteiger partial charge in [-0.05, 0) is 30.9 Å². The number of aliphatic hydroxyl groups is 1. The van der Waals surface area contributed by atoms with Crippen LogP contribution in [0.15, 0.2) is 29.3 Å². The molecule has 3 N–H and O–H groups in total. The van der Waals surface area contributed by atoms with Crippen LogP contribution in [-0.2, 0) is 17.9 Å². The second-order valence-corrected chi connectivity index (χ2v) is 7.16. The number of carbonyl (C=O) groups is 1. The zero-order valence-electron chi connectivity index (χ0n) is 16.6. The SMILES string of the molecule is CCNC(=NCc1ccccc1CO)NCC1(C(=O)N(C)C)CCCC1.I. The molecule has 7 heteroatoms. The zero-order chi connectivity index (χ0) is 19.0. The normalized spacial score (nSPS) is 15.8. The van der Waals surface area contributed by atoms with Crippen LogP contribution >= 0.6 is 24.0 Å². The van der Waals surface area contributed by atoms with Gasteiger partial charge in [-0.1, -0.05) is 37.1 Å². The highest BCUT2D eigenvalue weighted by Gasteiger charge is 2.42. The zero-order valence-corrected chi connectivity index (χ0v) is 19.0. The van der Waals surface area contributed by atoms with Crippen molar-refractivity contribution in [2.24, 2.45) is 10.4 Å². The Morgan fingerprint density at radius 1 is 1.19 bits per heavy atom. The highest BCUT2D eigenvalue weighted by molar-refractivity contribution is 14.0. The lowest BCUT2D eigenvalue weighted by molar-refractivity contribution is -0.138. The molecule has 0 aliphatic heterocycles. The fourth-order valence-corrected chi connectivity index (χ4v) is 3.62. The van der Waals surface area contributed by atoms with Crippen molar-refractivity contribution in [2.75, 3.05) is 27.2 Å².